The van der Waals surface area contributed by atoms with Crippen molar-refractivity contribution in [3.63, 3.8) is 0 Å². The van der Waals surface area contributed by atoms with Crippen LogP contribution in [0.15, 0.2) is 18.2 Å². The van der Waals surface area contributed by atoms with Gasteiger partial charge in [-0.2, -0.15) is 0 Å². The fourth-order valence-corrected chi connectivity index (χ4v) is 2.74. The number of carbonyl (C=O) groups excluding carboxylic acids is 3. The van der Waals surface area contributed by atoms with Crippen molar-refractivity contribution in [2.24, 2.45) is 0 Å². The highest BCUT2D eigenvalue weighted by Gasteiger charge is 2.28. The third-order valence-corrected chi connectivity index (χ3v) is 4.17. The lowest BCUT2D eigenvalue weighted by molar-refractivity contribution is 0.0313. The summed E-state index contributed by atoms with van der Waals surface area (Å²) in [7, 11) is 2.60. The maximum Gasteiger partial charge on any atom is 0.342 e. The van der Waals surface area contributed by atoms with Gasteiger partial charge in [0.1, 0.15) is 5.56 Å². The van der Waals surface area contributed by atoms with Crippen molar-refractivity contribution in [3.05, 3.63) is 46.3 Å². The molecule has 2 N–H and O–H groups in total. The van der Waals surface area contributed by atoms with Crippen molar-refractivity contribution in [1.82, 2.24) is 4.98 Å². The standard InChI is InChI=1S/C19H21NO7/c1-9-14(19(24)26-5)10(2)20-15(9)16(21)11(3)27-18(23)12-7-6-8-13(25-4)17(12)22/h6-8,11,20,22H,1-5H3. The summed E-state index contributed by atoms with van der Waals surface area (Å²) in [4.78, 5) is 39.7. The highest BCUT2D eigenvalue weighted by molar-refractivity contribution is 6.04. The largest absolute Gasteiger partial charge is 0.504 e. The molecule has 0 spiro atoms. The molecule has 0 amide bonds. The number of phenolic OH excluding ortho intramolecular Hbond substituents is 1. The number of aromatic hydroxyl groups is 1. The number of esters is 2. The Morgan fingerprint density at radius 2 is 1.78 bits per heavy atom. The van der Waals surface area contributed by atoms with Gasteiger partial charge in [-0.15, -0.1) is 0 Å². The average molecular weight is 375 g/mol. The van der Waals surface area contributed by atoms with Gasteiger partial charge in [0, 0.05) is 5.69 Å². The molecule has 8 nitrogen and oxygen atoms in total. The van der Waals surface area contributed by atoms with Crippen LogP contribution < -0.4 is 4.74 Å². The van der Waals surface area contributed by atoms with Crippen LogP contribution in [0, 0.1) is 13.8 Å². The van der Waals surface area contributed by atoms with E-state index in [1.807, 2.05) is 0 Å². The van der Waals surface area contributed by atoms with Gasteiger partial charge in [-0.3, -0.25) is 4.79 Å². The normalized spacial score (nSPS) is 11.6. The first-order valence-electron chi connectivity index (χ1n) is 8.11. The summed E-state index contributed by atoms with van der Waals surface area (Å²) in [5.74, 6) is -2.21. The molecule has 0 radical (unpaired) electrons. The van der Waals surface area contributed by atoms with Crippen molar-refractivity contribution >= 4 is 17.7 Å². The molecule has 0 aliphatic rings. The highest BCUT2D eigenvalue weighted by Crippen LogP contribution is 2.30. The molecule has 0 aliphatic heterocycles. The average Bonchev–Trinajstić information content (AvgIpc) is 2.94. The lowest BCUT2D eigenvalue weighted by atomic mass is 10.1. The van der Waals surface area contributed by atoms with E-state index in [0.29, 0.717) is 11.3 Å². The zero-order valence-corrected chi connectivity index (χ0v) is 15.7. The molecule has 0 fully saturated rings. The Labute approximate surface area is 156 Å². The van der Waals surface area contributed by atoms with Crippen molar-refractivity contribution in [1.29, 1.82) is 0 Å². The summed E-state index contributed by atoms with van der Waals surface area (Å²) in [5, 5.41) is 10.0. The molecule has 27 heavy (non-hydrogen) atoms. The fourth-order valence-electron chi connectivity index (χ4n) is 2.74. The Bertz CT molecular complexity index is 898. The first-order valence-corrected chi connectivity index (χ1v) is 8.11. The number of aromatic nitrogens is 1. The van der Waals surface area contributed by atoms with Crippen LogP contribution in [0.3, 0.4) is 0 Å². The number of H-pyrrole nitrogens is 1. The van der Waals surface area contributed by atoms with E-state index in [0.717, 1.165) is 0 Å². The molecular formula is C19H21NO7. The summed E-state index contributed by atoms with van der Waals surface area (Å²) >= 11 is 0. The molecule has 1 atom stereocenters. The number of hydrogen-bond acceptors (Lipinski definition) is 7. The molecule has 1 aromatic heterocycles. The smallest absolute Gasteiger partial charge is 0.342 e. The minimum atomic E-state index is -1.15. The number of hydrogen-bond donors (Lipinski definition) is 2. The molecule has 0 bridgehead atoms. The van der Waals surface area contributed by atoms with Gasteiger partial charge in [0.15, 0.2) is 17.6 Å². The molecule has 0 aliphatic carbocycles. The number of rotatable bonds is 6. The Kier molecular flexibility index (Phi) is 5.89. The highest BCUT2D eigenvalue weighted by atomic mass is 16.5. The van der Waals surface area contributed by atoms with Crippen LogP contribution in [0.5, 0.6) is 11.5 Å². The Morgan fingerprint density at radius 1 is 1.11 bits per heavy atom. The third-order valence-electron chi connectivity index (χ3n) is 4.17. The van der Waals surface area contributed by atoms with E-state index >= 15 is 0 Å². The molecule has 0 saturated carbocycles. The number of benzene rings is 1. The van der Waals surface area contributed by atoms with Crippen LogP contribution in [0.4, 0.5) is 0 Å². The zero-order valence-electron chi connectivity index (χ0n) is 15.7. The first-order chi connectivity index (χ1) is 12.7. The molecule has 144 valence electrons. The van der Waals surface area contributed by atoms with E-state index in [-0.39, 0.29) is 28.3 Å². The van der Waals surface area contributed by atoms with Gasteiger partial charge in [0.05, 0.1) is 25.5 Å². The lowest BCUT2D eigenvalue weighted by Crippen LogP contribution is -2.25. The molecule has 0 saturated heterocycles. The van der Waals surface area contributed by atoms with Gasteiger partial charge in [-0.05, 0) is 38.5 Å². The molecule has 1 unspecified atom stereocenters. The van der Waals surface area contributed by atoms with Gasteiger partial charge >= 0.3 is 11.9 Å². The van der Waals surface area contributed by atoms with Gasteiger partial charge in [-0.25, -0.2) is 9.59 Å². The molecule has 1 aromatic carbocycles. The second-order valence-electron chi connectivity index (χ2n) is 5.88. The minimum absolute atomic E-state index is 0.113. The Hall–Kier alpha value is -3.29. The summed E-state index contributed by atoms with van der Waals surface area (Å²) in [6.45, 7) is 4.65. The van der Waals surface area contributed by atoms with Crippen molar-refractivity contribution in [3.8, 4) is 11.5 Å². The van der Waals surface area contributed by atoms with E-state index < -0.39 is 23.8 Å². The number of nitrogens with one attached hydrogen (secondary N) is 1. The van der Waals surface area contributed by atoms with E-state index in [4.69, 9.17) is 14.2 Å². The van der Waals surface area contributed by atoms with E-state index in [9.17, 15) is 19.5 Å². The number of ether oxygens (including phenoxy) is 3. The predicted molar refractivity (Wildman–Crippen MR) is 95.5 cm³/mol. The van der Waals surface area contributed by atoms with Gasteiger partial charge in [-0.1, -0.05) is 6.07 Å². The van der Waals surface area contributed by atoms with Gasteiger partial charge in [0.25, 0.3) is 0 Å². The second kappa shape index (κ2) is 7.94. The number of phenols is 1. The third kappa shape index (κ3) is 3.79. The predicted octanol–water partition coefficient (Wildman–Crippen LogP) is 2.56. The fraction of sp³-hybridized carbons (Fsp3) is 0.316. The van der Waals surface area contributed by atoms with Crippen LogP contribution in [-0.4, -0.2) is 48.1 Å². The van der Waals surface area contributed by atoms with E-state index in [1.165, 1.54) is 39.3 Å². The van der Waals surface area contributed by atoms with Crippen molar-refractivity contribution in [2.75, 3.05) is 14.2 Å². The Morgan fingerprint density at radius 3 is 2.37 bits per heavy atom. The second-order valence-corrected chi connectivity index (χ2v) is 5.88. The topological polar surface area (TPSA) is 115 Å². The summed E-state index contributed by atoms with van der Waals surface area (Å²) < 4.78 is 14.8. The quantitative estimate of drug-likeness (QED) is 0.589. The van der Waals surface area contributed by atoms with Crippen LogP contribution >= 0.6 is 0 Å². The monoisotopic (exact) mass is 375 g/mol. The molecule has 2 aromatic rings. The number of Topliss-reactive ketones (excluding diaryl/α,β-unsaturated/α-hetero) is 1. The number of ketones is 1. The maximum atomic E-state index is 12.7. The molecule has 2 rings (SSSR count). The van der Waals surface area contributed by atoms with Crippen LogP contribution in [0.25, 0.3) is 0 Å². The van der Waals surface area contributed by atoms with Crippen molar-refractivity contribution < 1.29 is 33.7 Å². The first kappa shape index (κ1) is 20.0. The van der Waals surface area contributed by atoms with Gasteiger partial charge < -0.3 is 24.3 Å². The molecule has 1 heterocycles. The minimum Gasteiger partial charge on any atom is -0.504 e. The number of aryl methyl sites for hydroxylation is 1. The number of aromatic amines is 1. The van der Waals surface area contributed by atoms with Crippen LogP contribution in [0.2, 0.25) is 0 Å². The lowest BCUT2D eigenvalue weighted by Gasteiger charge is -2.13. The maximum absolute atomic E-state index is 12.7. The Balaban J connectivity index is 2.24. The number of carbonyl (C=O) groups is 3. The van der Waals surface area contributed by atoms with Crippen LogP contribution in [-0.2, 0) is 9.47 Å². The number of para-hydroxylation sites is 1. The summed E-state index contributed by atoms with van der Waals surface area (Å²) in [6, 6.07) is 4.36. The molecular weight excluding hydrogens is 354 g/mol. The van der Waals surface area contributed by atoms with Crippen LogP contribution in [0.1, 0.15) is 49.4 Å². The summed E-state index contributed by atoms with van der Waals surface area (Å²) in [6.07, 6.45) is -1.15. The van der Waals surface area contributed by atoms with Gasteiger partial charge in [0.2, 0.25) is 5.78 Å². The molecule has 8 heteroatoms. The van der Waals surface area contributed by atoms with Crippen molar-refractivity contribution in [2.45, 2.75) is 26.9 Å². The number of methoxy groups -OCH3 is 2. The van der Waals surface area contributed by atoms with E-state index in [2.05, 4.69) is 4.98 Å². The van der Waals surface area contributed by atoms with E-state index in [1.54, 1.807) is 13.8 Å². The summed E-state index contributed by atoms with van der Waals surface area (Å²) in [5.41, 5.74) is 1.19. The SMILES string of the molecule is COC(=O)c1c(C)[nH]c(C(=O)C(C)OC(=O)c2cccc(OC)c2O)c1C. The zero-order chi connectivity index (χ0) is 20.3.